The third kappa shape index (κ3) is 1.94. The molecule has 0 aliphatic rings. The molecule has 0 saturated carbocycles. The molecule has 34 valence electrons. The summed E-state index contributed by atoms with van der Waals surface area (Å²) in [6.07, 6.45) is 0. The zero-order valence-corrected chi connectivity index (χ0v) is 3.54. The fourth-order valence-corrected chi connectivity index (χ4v) is 0. The van der Waals surface area contributed by atoms with Gasteiger partial charge >= 0.3 is 7.27 Å². The molecule has 0 nitrogen and oxygen atoms in total. The fraction of sp³-hybridized carbons (Fsp3) is 0.333. The van der Waals surface area contributed by atoms with Gasteiger partial charge in [-0.3, -0.25) is 8.63 Å². The van der Waals surface area contributed by atoms with Gasteiger partial charge in [0.2, 0.25) is 0 Å². The molecular formula is C3H5BF2. The molecule has 0 unspecified atom stereocenters. The molecule has 0 aromatic rings. The van der Waals surface area contributed by atoms with Gasteiger partial charge in [-0.1, -0.05) is 0 Å². The highest BCUT2D eigenvalue weighted by Gasteiger charge is 2.10. The van der Waals surface area contributed by atoms with Crippen LogP contribution >= 0.6 is 0 Å². The minimum absolute atomic E-state index is 0.0741. The number of halogens is 2. The van der Waals surface area contributed by atoms with Crippen molar-refractivity contribution in [2.45, 2.75) is 6.92 Å². The molecule has 0 aliphatic carbocycles. The molecule has 0 aromatic carbocycles. The van der Waals surface area contributed by atoms with Gasteiger partial charge in [0.25, 0.3) is 0 Å². The molecule has 0 spiro atoms. The second-order valence-electron chi connectivity index (χ2n) is 1.15. The van der Waals surface area contributed by atoms with Crippen LogP contribution in [0.4, 0.5) is 8.63 Å². The third-order valence-electron chi connectivity index (χ3n) is 0.373. The van der Waals surface area contributed by atoms with E-state index in [4.69, 9.17) is 0 Å². The van der Waals surface area contributed by atoms with E-state index in [2.05, 4.69) is 6.58 Å². The van der Waals surface area contributed by atoms with Crippen molar-refractivity contribution in [2.75, 3.05) is 0 Å². The molecule has 0 fully saturated rings. The largest absolute Gasteiger partial charge is 0.567 e. The van der Waals surface area contributed by atoms with E-state index < -0.39 is 7.27 Å². The van der Waals surface area contributed by atoms with E-state index in [0.717, 1.165) is 0 Å². The lowest BCUT2D eigenvalue weighted by Gasteiger charge is -1.82. The molecule has 0 heterocycles. The Morgan fingerprint density at radius 2 is 1.83 bits per heavy atom. The first-order chi connectivity index (χ1) is 2.64. The summed E-state index contributed by atoms with van der Waals surface area (Å²) in [6, 6.07) is 0. The molecular weight excluding hydrogens is 84.8 g/mol. The molecule has 0 N–H and O–H groups in total. The minimum Gasteiger partial charge on any atom is -0.281 e. The normalized spacial score (nSPS) is 7.83. The predicted octanol–water partition coefficient (Wildman–Crippen LogP) is 1.53. The van der Waals surface area contributed by atoms with Crippen molar-refractivity contribution < 1.29 is 8.63 Å². The van der Waals surface area contributed by atoms with E-state index >= 15 is 0 Å². The topological polar surface area (TPSA) is 0 Å². The smallest absolute Gasteiger partial charge is 0.281 e. The highest BCUT2D eigenvalue weighted by Crippen LogP contribution is 1.96. The average molecular weight is 89.9 g/mol. The summed E-state index contributed by atoms with van der Waals surface area (Å²) in [4.78, 5) is 0. The van der Waals surface area contributed by atoms with Crippen LogP contribution in [0, 0.1) is 0 Å². The molecule has 3 heteroatoms. The lowest BCUT2D eigenvalue weighted by atomic mass is 9.89. The van der Waals surface area contributed by atoms with E-state index in [1.54, 1.807) is 0 Å². The Bertz CT molecular complexity index is 59.8. The van der Waals surface area contributed by atoms with Crippen LogP contribution in [0.2, 0.25) is 0 Å². The van der Waals surface area contributed by atoms with Crippen LogP contribution in [0.3, 0.4) is 0 Å². The van der Waals surface area contributed by atoms with Crippen LogP contribution in [0.1, 0.15) is 6.92 Å². The quantitative estimate of drug-likeness (QED) is 0.428. The van der Waals surface area contributed by atoms with Crippen LogP contribution in [0.25, 0.3) is 0 Å². The van der Waals surface area contributed by atoms with Gasteiger partial charge in [0.1, 0.15) is 0 Å². The van der Waals surface area contributed by atoms with Crippen LogP contribution in [-0.2, 0) is 0 Å². The number of hydrogen-bond donors (Lipinski definition) is 0. The highest BCUT2D eigenvalue weighted by molar-refractivity contribution is 6.51. The number of rotatable bonds is 1. The van der Waals surface area contributed by atoms with Crippen molar-refractivity contribution in [1.82, 2.24) is 0 Å². The summed E-state index contributed by atoms with van der Waals surface area (Å²) < 4.78 is 22.1. The maximum absolute atomic E-state index is 11.1. The molecule has 0 aliphatic heterocycles. The van der Waals surface area contributed by atoms with Crippen molar-refractivity contribution in [3.05, 3.63) is 12.1 Å². The lowest BCUT2D eigenvalue weighted by Crippen LogP contribution is -1.95. The molecule has 0 saturated heterocycles. The summed E-state index contributed by atoms with van der Waals surface area (Å²) in [7, 11) is -2.34. The van der Waals surface area contributed by atoms with Crippen LogP contribution in [0.15, 0.2) is 12.1 Å². The highest BCUT2D eigenvalue weighted by atomic mass is 19.2. The van der Waals surface area contributed by atoms with Gasteiger partial charge in [-0.15, -0.1) is 6.58 Å². The zero-order chi connectivity index (χ0) is 5.15. The summed E-state index contributed by atoms with van der Waals surface area (Å²) >= 11 is 0. The van der Waals surface area contributed by atoms with E-state index in [9.17, 15) is 8.63 Å². The van der Waals surface area contributed by atoms with Crippen molar-refractivity contribution >= 4 is 7.27 Å². The molecule has 0 bridgehead atoms. The van der Waals surface area contributed by atoms with Crippen molar-refractivity contribution in [1.29, 1.82) is 0 Å². The Kier molecular flexibility index (Phi) is 1.84. The van der Waals surface area contributed by atoms with E-state index in [1.165, 1.54) is 6.92 Å². The zero-order valence-electron chi connectivity index (χ0n) is 3.54. The predicted molar refractivity (Wildman–Crippen MR) is 22.8 cm³/mol. The van der Waals surface area contributed by atoms with Crippen LogP contribution in [-0.4, -0.2) is 7.27 Å². The molecule has 0 rings (SSSR count). The summed E-state index contributed by atoms with van der Waals surface area (Å²) in [5, 5.41) is 0. The first-order valence-corrected chi connectivity index (χ1v) is 1.58. The SMILES string of the molecule is C=C(C)B(F)F. The Balaban J connectivity index is 3.26. The van der Waals surface area contributed by atoms with Crippen LogP contribution < -0.4 is 0 Å². The lowest BCUT2D eigenvalue weighted by molar-refractivity contribution is 0.675. The number of allylic oxidation sites excluding steroid dienone is 1. The van der Waals surface area contributed by atoms with Gasteiger partial charge in [0.15, 0.2) is 0 Å². The summed E-state index contributed by atoms with van der Waals surface area (Å²) in [6.45, 7) is 4.30. The Morgan fingerprint density at radius 3 is 1.83 bits per heavy atom. The van der Waals surface area contributed by atoms with Gasteiger partial charge < -0.3 is 0 Å². The molecule has 0 aromatic heterocycles. The maximum Gasteiger partial charge on any atom is 0.567 e. The molecule has 0 amide bonds. The molecule has 0 atom stereocenters. The van der Waals surface area contributed by atoms with Crippen molar-refractivity contribution in [2.24, 2.45) is 0 Å². The first kappa shape index (κ1) is 5.66. The van der Waals surface area contributed by atoms with Gasteiger partial charge in [0.05, 0.1) is 0 Å². The minimum atomic E-state index is -2.34. The third-order valence-corrected chi connectivity index (χ3v) is 0.373. The first-order valence-electron chi connectivity index (χ1n) is 1.58. The number of hydrogen-bond acceptors (Lipinski definition) is 0. The van der Waals surface area contributed by atoms with E-state index in [1.807, 2.05) is 0 Å². The second kappa shape index (κ2) is 1.95. The van der Waals surface area contributed by atoms with Gasteiger partial charge in [-0.25, -0.2) is 0 Å². The van der Waals surface area contributed by atoms with Gasteiger partial charge in [0, 0.05) is 0 Å². The Hall–Kier alpha value is -0.335. The molecule has 6 heavy (non-hydrogen) atoms. The Morgan fingerprint density at radius 1 is 1.67 bits per heavy atom. The average Bonchev–Trinajstić information content (AvgIpc) is 1.36. The molecule has 0 radical (unpaired) electrons. The van der Waals surface area contributed by atoms with Crippen molar-refractivity contribution in [3.8, 4) is 0 Å². The van der Waals surface area contributed by atoms with Gasteiger partial charge in [-0.2, -0.15) is 0 Å². The Labute approximate surface area is 36.0 Å². The summed E-state index contributed by atoms with van der Waals surface area (Å²) in [5.41, 5.74) is -0.0741. The maximum atomic E-state index is 11.1. The van der Waals surface area contributed by atoms with E-state index in [0.29, 0.717) is 0 Å². The van der Waals surface area contributed by atoms with Gasteiger partial charge in [-0.05, 0) is 12.4 Å². The second-order valence-corrected chi connectivity index (χ2v) is 1.15. The van der Waals surface area contributed by atoms with Crippen LogP contribution in [0.5, 0.6) is 0 Å². The fourth-order valence-electron chi connectivity index (χ4n) is 0. The van der Waals surface area contributed by atoms with E-state index in [-0.39, 0.29) is 5.47 Å². The van der Waals surface area contributed by atoms with Crippen molar-refractivity contribution in [3.63, 3.8) is 0 Å². The summed E-state index contributed by atoms with van der Waals surface area (Å²) in [5.74, 6) is 0. The monoisotopic (exact) mass is 90.0 g/mol. The standard InChI is InChI=1S/C3H5BF2/c1-3(2)4(5)6/h1H2,2H3.